The van der Waals surface area contributed by atoms with Crippen molar-refractivity contribution in [3.05, 3.63) is 70.1 Å². The Labute approximate surface area is 129 Å². The minimum Gasteiger partial charge on any atom is -0.350 e. The van der Waals surface area contributed by atoms with Crippen molar-refractivity contribution >= 4 is 5.91 Å². The van der Waals surface area contributed by atoms with Crippen molar-refractivity contribution in [2.45, 2.75) is 6.54 Å². The lowest BCUT2D eigenvalue weighted by Crippen LogP contribution is -2.46. The zero-order valence-electron chi connectivity index (χ0n) is 12.4. The highest BCUT2D eigenvalue weighted by molar-refractivity contribution is 5.94. The molecule has 0 bridgehead atoms. The fourth-order valence-corrected chi connectivity index (χ4v) is 2.61. The molecule has 0 aliphatic carbocycles. The van der Waals surface area contributed by atoms with Gasteiger partial charge in [0.25, 0.3) is 5.91 Å². The van der Waals surface area contributed by atoms with Gasteiger partial charge in [-0.1, -0.05) is 12.1 Å². The number of carbonyl (C=O) groups excluding carboxylic acids is 1. The summed E-state index contributed by atoms with van der Waals surface area (Å²) in [4.78, 5) is 25.5. The van der Waals surface area contributed by atoms with Crippen LogP contribution in [0.15, 0.2) is 53.6 Å². The average molecular weight is 297 g/mol. The molecule has 5 heteroatoms. The lowest BCUT2D eigenvalue weighted by molar-refractivity contribution is 0.0735. The molecule has 0 radical (unpaired) electrons. The molecule has 0 unspecified atom stereocenters. The second-order valence-electron chi connectivity index (χ2n) is 5.45. The molecule has 1 aromatic heterocycles. The summed E-state index contributed by atoms with van der Waals surface area (Å²) in [5, 5.41) is 3.25. The fourth-order valence-electron chi connectivity index (χ4n) is 2.61. The topological polar surface area (TPSA) is 54.3 Å². The molecule has 1 N–H and O–H groups in total. The third-order valence-electron chi connectivity index (χ3n) is 3.80. The zero-order chi connectivity index (χ0) is 15.4. The third-order valence-corrected chi connectivity index (χ3v) is 3.80. The van der Waals surface area contributed by atoms with E-state index in [1.807, 2.05) is 33.7 Å². The molecule has 1 saturated heterocycles. The number of carbonyl (C=O) groups is 1. The molecule has 1 aliphatic rings. The minimum atomic E-state index is -0.00103. The second kappa shape index (κ2) is 6.58. The van der Waals surface area contributed by atoms with E-state index in [0.29, 0.717) is 6.54 Å². The molecule has 1 aromatic carbocycles. The number of hydrogen-bond acceptors (Lipinski definition) is 3. The van der Waals surface area contributed by atoms with Crippen LogP contribution < -0.4 is 10.7 Å². The van der Waals surface area contributed by atoms with Gasteiger partial charge >= 0.3 is 0 Å². The van der Waals surface area contributed by atoms with Crippen LogP contribution in [-0.2, 0) is 6.54 Å². The van der Waals surface area contributed by atoms with Gasteiger partial charge in [0, 0.05) is 62.8 Å². The third kappa shape index (κ3) is 3.43. The molecule has 22 heavy (non-hydrogen) atoms. The highest BCUT2D eigenvalue weighted by atomic mass is 16.2. The molecule has 114 valence electrons. The molecule has 0 saturated carbocycles. The Bertz CT molecular complexity index is 697. The van der Waals surface area contributed by atoms with Crippen molar-refractivity contribution in [2.75, 3.05) is 26.2 Å². The number of amides is 1. The van der Waals surface area contributed by atoms with Crippen LogP contribution in [0.4, 0.5) is 0 Å². The first kappa shape index (κ1) is 14.5. The number of rotatable bonds is 3. The maximum Gasteiger partial charge on any atom is 0.253 e. The van der Waals surface area contributed by atoms with E-state index in [9.17, 15) is 9.59 Å². The number of aromatic nitrogens is 1. The van der Waals surface area contributed by atoms with Crippen LogP contribution in [0.25, 0.3) is 0 Å². The first-order valence-electron chi connectivity index (χ1n) is 7.47. The minimum absolute atomic E-state index is 0.00103. The molecule has 1 amide bonds. The number of hydrogen-bond donors (Lipinski definition) is 1. The predicted octanol–water partition coefficient (Wildman–Crippen LogP) is 0.942. The lowest BCUT2D eigenvalue weighted by atomic mass is 10.1. The predicted molar refractivity (Wildman–Crippen MR) is 85.0 cm³/mol. The summed E-state index contributed by atoms with van der Waals surface area (Å²) >= 11 is 0. The van der Waals surface area contributed by atoms with Crippen LogP contribution in [0.2, 0.25) is 0 Å². The largest absolute Gasteiger partial charge is 0.350 e. The Hall–Kier alpha value is -2.40. The van der Waals surface area contributed by atoms with Gasteiger partial charge in [-0.2, -0.15) is 0 Å². The number of benzene rings is 1. The molecule has 0 atom stereocenters. The number of nitrogens with one attached hydrogen (secondary N) is 1. The SMILES string of the molecule is O=C(c1cccc(Cn2ccc(=O)cc2)c1)N1CCNCC1. The van der Waals surface area contributed by atoms with Crippen LogP contribution in [0.5, 0.6) is 0 Å². The van der Waals surface area contributed by atoms with Crippen molar-refractivity contribution < 1.29 is 4.79 Å². The smallest absolute Gasteiger partial charge is 0.253 e. The first-order valence-corrected chi connectivity index (χ1v) is 7.47. The van der Waals surface area contributed by atoms with Gasteiger partial charge in [0.2, 0.25) is 0 Å². The number of pyridine rings is 1. The molecule has 1 aliphatic heterocycles. The van der Waals surface area contributed by atoms with E-state index >= 15 is 0 Å². The lowest BCUT2D eigenvalue weighted by Gasteiger charge is -2.27. The average Bonchev–Trinajstić information content (AvgIpc) is 2.57. The molecule has 1 fully saturated rings. The monoisotopic (exact) mass is 297 g/mol. The van der Waals surface area contributed by atoms with E-state index in [1.54, 1.807) is 12.4 Å². The molecular formula is C17H19N3O2. The van der Waals surface area contributed by atoms with E-state index in [-0.39, 0.29) is 11.3 Å². The standard InChI is InChI=1S/C17H19N3O2/c21-16-4-8-19(9-5-16)13-14-2-1-3-15(12-14)17(22)20-10-6-18-7-11-20/h1-5,8-9,12,18H,6-7,10-11,13H2. The van der Waals surface area contributed by atoms with E-state index in [0.717, 1.165) is 37.3 Å². The Morgan fingerprint density at radius 1 is 1.09 bits per heavy atom. The summed E-state index contributed by atoms with van der Waals surface area (Å²) < 4.78 is 1.93. The summed E-state index contributed by atoms with van der Waals surface area (Å²) in [5.74, 6) is 0.0863. The number of piperazine rings is 1. The maximum absolute atomic E-state index is 12.5. The van der Waals surface area contributed by atoms with Gasteiger partial charge in [-0.05, 0) is 17.7 Å². The molecule has 5 nitrogen and oxygen atoms in total. The highest BCUT2D eigenvalue weighted by Crippen LogP contribution is 2.10. The van der Waals surface area contributed by atoms with Crippen molar-refractivity contribution in [1.82, 2.24) is 14.8 Å². The molecular weight excluding hydrogens is 278 g/mol. The quantitative estimate of drug-likeness (QED) is 0.917. The van der Waals surface area contributed by atoms with Crippen molar-refractivity contribution in [3.8, 4) is 0 Å². The van der Waals surface area contributed by atoms with Gasteiger partial charge in [0.1, 0.15) is 0 Å². The van der Waals surface area contributed by atoms with Crippen molar-refractivity contribution in [1.29, 1.82) is 0 Å². The molecule has 2 aromatic rings. The summed E-state index contributed by atoms with van der Waals surface area (Å²) in [7, 11) is 0. The molecule has 0 spiro atoms. The normalized spacial score (nSPS) is 14.8. The Morgan fingerprint density at radius 2 is 1.82 bits per heavy atom. The van der Waals surface area contributed by atoms with E-state index < -0.39 is 0 Å². The molecule has 2 heterocycles. The summed E-state index contributed by atoms with van der Waals surface area (Å²) in [5.41, 5.74) is 1.77. The number of nitrogens with zero attached hydrogens (tertiary/aromatic N) is 2. The van der Waals surface area contributed by atoms with Gasteiger partial charge in [-0.15, -0.1) is 0 Å². The second-order valence-corrected chi connectivity index (χ2v) is 5.45. The highest BCUT2D eigenvalue weighted by Gasteiger charge is 2.17. The summed E-state index contributed by atoms with van der Waals surface area (Å²) in [6.45, 7) is 3.85. The van der Waals surface area contributed by atoms with Crippen LogP contribution in [0, 0.1) is 0 Å². The Kier molecular flexibility index (Phi) is 4.34. The van der Waals surface area contributed by atoms with E-state index in [1.165, 1.54) is 12.1 Å². The van der Waals surface area contributed by atoms with E-state index in [4.69, 9.17) is 0 Å². The van der Waals surface area contributed by atoms with Crippen LogP contribution in [-0.4, -0.2) is 41.6 Å². The Balaban J connectivity index is 1.75. The molecule has 3 rings (SSSR count). The van der Waals surface area contributed by atoms with Gasteiger partial charge < -0.3 is 14.8 Å². The van der Waals surface area contributed by atoms with Crippen molar-refractivity contribution in [3.63, 3.8) is 0 Å². The van der Waals surface area contributed by atoms with Crippen LogP contribution in [0.1, 0.15) is 15.9 Å². The summed E-state index contributed by atoms with van der Waals surface area (Å²) in [6.07, 6.45) is 3.51. The maximum atomic E-state index is 12.5. The first-order chi connectivity index (χ1) is 10.7. The van der Waals surface area contributed by atoms with Crippen molar-refractivity contribution in [2.24, 2.45) is 0 Å². The summed E-state index contributed by atoms with van der Waals surface area (Å²) in [6, 6.07) is 10.8. The Morgan fingerprint density at radius 3 is 2.55 bits per heavy atom. The van der Waals surface area contributed by atoms with Crippen LogP contribution >= 0.6 is 0 Å². The van der Waals surface area contributed by atoms with Gasteiger partial charge in [0.05, 0.1) is 0 Å². The van der Waals surface area contributed by atoms with E-state index in [2.05, 4.69) is 5.32 Å². The fraction of sp³-hybridized carbons (Fsp3) is 0.294. The van der Waals surface area contributed by atoms with Gasteiger partial charge in [-0.25, -0.2) is 0 Å². The van der Waals surface area contributed by atoms with Crippen LogP contribution in [0.3, 0.4) is 0 Å². The van der Waals surface area contributed by atoms with Gasteiger partial charge in [-0.3, -0.25) is 9.59 Å². The van der Waals surface area contributed by atoms with Gasteiger partial charge in [0.15, 0.2) is 5.43 Å². The zero-order valence-corrected chi connectivity index (χ0v) is 12.4.